The average Bonchev–Trinajstić information content (AvgIpc) is 2.92. The van der Waals surface area contributed by atoms with Crippen molar-refractivity contribution in [2.45, 2.75) is 19.8 Å². The lowest BCUT2D eigenvalue weighted by Crippen LogP contribution is -2.11. The molecule has 0 aliphatic carbocycles. The minimum absolute atomic E-state index is 1.09. The van der Waals surface area contributed by atoms with Crippen molar-refractivity contribution in [1.29, 1.82) is 0 Å². The Hall–Kier alpha value is -1.87. The molecule has 0 atom stereocenters. The van der Waals surface area contributed by atoms with E-state index in [9.17, 15) is 0 Å². The molecule has 4 rings (SSSR count). The van der Waals surface area contributed by atoms with Gasteiger partial charge in [0.1, 0.15) is 5.01 Å². The van der Waals surface area contributed by atoms with Crippen LogP contribution in [0.15, 0.2) is 36.4 Å². The fraction of sp³-hybridized carbons (Fsp3) is 0.235. The molecule has 0 saturated carbocycles. The van der Waals surface area contributed by atoms with E-state index in [1.165, 1.54) is 39.9 Å². The molecule has 0 unspecified atom stereocenters. The van der Waals surface area contributed by atoms with E-state index in [-0.39, 0.29) is 0 Å². The summed E-state index contributed by atoms with van der Waals surface area (Å²) in [5.74, 6) is 0. The molecule has 1 aliphatic heterocycles. The standard InChI is InChI=1S/C17H16N2S/c1-11-4-2-6-15-16(11)19-17(20-15)13-7-8-14-12(10-13)5-3-9-18-14/h2,4,6-8,10,18H,3,5,9H2,1H3. The lowest BCUT2D eigenvalue weighted by Gasteiger charge is -2.18. The van der Waals surface area contributed by atoms with Crippen molar-refractivity contribution in [3.8, 4) is 10.6 Å². The van der Waals surface area contributed by atoms with E-state index in [4.69, 9.17) is 4.98 Å². The molecule has 0 saturated heterocycles. The van der Waals surface area contributed by atoms with Gasteiger partial charge in [-0.05, 0) is 55.2 Å². The molecule has 0 spiro atoms. The summed E-state index contributed by atoms with van der Waals surface area (Å²) in [6.07, 6.45) is 2.38. The second-order valence-electron chi connectivity index (χ2n) is 5.34. The molecule has 2 heterocycles. The number of thiazole rings is 1. The van der Waals surface area contributed by atoms with Crippen LogP contribution in [0.1, 0.15) is 17.5 Å². The van der Waals surface area contributed by atoms with Crippen molar-refractivity contribution in [3.05, 3.63) is 47.5 Å². The quantitative estimate of drug-likeness (QED) is 0.703. The number of para-hydroxylation sites is 1. The molecule has 2 aromatic carbocycles. The maximum absolute atomic E-state index is 4.83. The van der Waals surface area contributed by atoms with E-state index in [1.807, 2.05) is 0 Å². The van der Waals surface area contributed by atoms with Crippen molar-refractivity contribution in [2.75, 3.05) is 11.9 Å². The van der Waals surface area contributed by atoms with Gasteiger partial charge in [0.05, 0.1) is 10.2 Å². The van der Waals surface area contributed by atoms with Crippen LogP contribution in [0.2, 0.25) is 0 Å². The molecule has 0 fully saturated rings. The van der Waals surface area contributed by atoms with Gasteiger partial charge in [-0.15, -0.1) is 11.3 Å². The van der Waals surface area contributed by atoms with Gasteiger partial charge in [-0.2, -0.15) is 0 Å². The van der Waals surface area contributed by atoms with Crippen LogP contribution in [0.25, 0.3) is 20.8 Å². The Kier molecular flexibility index (Phi) is 2.74. The largest absolute Gasteiger partial charge is 0.385 e. The Labute approximate surface area is 122 Å². The van der Waals surface area contributed by atoms with Crippen molar-refractivity contribution >= 4 is 27.2 Å². The summed E-state index contributed by atoms with van der Waals surface area (Å²) in [7, 11) is 0. The van der Waals surface area contributed by atoms with Crippen LogP contribution in [0.4, 0.5) is 5.69 Å². The normalized spacial score (nSPS) is 14.1. The zero-order valence-corrected chi connectivity index (χ0v) is 12.3. The highest BCUT2D eigenvalue weighted by atomic mass is 32.1. The van der Waals surface area contributed by atoms with Gasteiger partial charge in [0.25, 0.3) is 0 Å². The van der Waals surface area contributed by atoms with E-state index in [2.05, 4.69) is 48.6 Å². The zero-order valence-electron chi connectivity index (χ0n) is 11.4. The van der Waals surface area contributed by atoms with Gasteiger partial charge in [0, 0.05) is 17.8 Å². The third-order valence-electron chi connectivity index (χ3n) is 3.91. The van der Waals surface area contributed by atoms with Crippen molar-refractivity contribution in [2.24, 2.45) is 0 Å². The maximum atomic E-state index is 4.83. The molecule has 0 amide bonds. The molecule has 3 aromatic rings. The highest BCUT2D eigenvalue weighted by Gasteiger charge is 2.12. The Bertz CT molecular complexity index is 789. The van der Waals surface area contributed by atoms with Crippen molar-refractivity contribution < 1.29 is 0 Å². The SMILES string of the molecule is Cc1cccc2sc(-c3ccc4c(c3)CCCN4)nc12. The lowest BCUT2D eigenvalue weighted by atomic mass is 10.0. The highest BCUT2D eigenvalue weighted by Crippen LogP contribution is 2.34. The Balaban J connectivity index is 1.84. The first-order valence-corrected chi connectivity index (χ1v) is 7.86. The molecule has 1 N–H and O–H groups in total. The molecular weight excluding hydrogens is 264 g/mol. The summed E-state index contributed by atoms with van der Waals surface area (Å²) in [6.45, 7) is 3.22. The molecule has 2 nitrogen and oxygen atoms in total. The summed E-state index contributed by atoms with van der Waals surface area (Å²) in [5, 5.41) is 4.59. The minimum atomic E-state index is 1.09. The first-order chi connectivity index (χ1) is 9.81. The minimum Gasteiger partial charge on any atom is -0.385 e. The summed E-state index contributed by atoms with van der Waals surface area (Å²) in [6, 6.07) is 13.1. The van der Waals surface area contributed by atoms with Gasteiger partial charge in [0.2, 0.25) is 0 Å². The summed E-state index contributed by atoms with van der Waals surface area (Å²) < 4.78 is 1.27. The van der Waals surface area contributed by atoms with Crippen LogP contribution < -0.4 is 5.32 Å². The monoisotopic (exact) mass is 280 g/mol. The van der Waals surface area contributed by atoms with Crippen LogP contribution in [0, 0.1) is 6.92 Å². The molecule has 3 heteroatoms. The Morgan fingerprint density at radius 2 is 2.15 bits per heavy atom. The summed E-state index contributed by atoms with van der Waals surface area (Å²) >= 11 is 1.78. The van der Waals surface area contributed by atoms with Crippen LogP contribution in [0.3, 0.4) is 0 Å². The predicted octanol–water partition coefficient (Wildman–Crippen LogP) is 4.63. The van der Waals surface area contributed by atoms with Crippen molar-refractivity contribution in [1.82, 2.24) is 4.98 Å². The third-order valence-corrected chi connectivity index (χ3v) is 4.98. The number of aromatic nitrogens is 1. The van der Waals surface area contributed by atoms with Gasteiger partial charge >= 0.3 is 0 Å². The second kappa shape index (κ2) is 4.60. The number of hydrogen-bond donors (Lipinski definition) is 1. The molecule has 100 valence electrons. The van der Waals surface area contributed by atoms with Crippen LogP contribution in [-0.2, 0) is 6.42 Å². The third kappa shape index (κ3) is 1.90. The molecule has 20 heavy (non-hydrogen) atoms. The molecule has 1 aliphatic rings. The van der Waals surface area contributed by atoms with E-state index < -0.39 is 0 Å². The summed E-state index contributed by atoms with van der Waals surface area (Å²) in [5.41, 5.74) is 6.35. The van der Waals surface area contributed by atoms with Gasteiger partial charge in [-0.25, -0.2) is 4.98 Å². The number of nitrogens with zero attached hydrogens (tertiary/aromatic N) is 1. The first kappa shape index (κ1) is 11.9. The average molecular weight is 280 g/mol. The number of hydrogen-bond acceptors (Lipinski definition) is 3. The number of benzene rings is 2. The number of rotatable bonds is 1. The topological polar surface area (TPSA) is 24.9 Å². The van der Waals surface area contributed by atoms with E-state index in [0.29, 0.717) is 0 Å². The van der Waals surface area contributed by atoms with E-state index in [1.54, 1.807) is 11.3 Å². The Morgan fingerprint density at radius 3 is 3.05 bits per heavy atom. The Morgan fingerprint density at radius 1 is 1.20 bits per heavy atom. The van der Waals surface area contributed by atoms with Crippen molar-refractivity contribution in [3.63, 3.8) is 0 Å². The fourth-order valence-corrected chi connectivity index (χ4v) is 3.86. The van der Waals surface area contributed by atoms with Gasteiger partial charge < -0.3 is 5.32 Å². The predicted molar refractivity (Wildman–Crippen MR) is 86.6 cm³/mol. The van der Waals surface area contributed by atoms with Gasteiger partial charge in [-0.3, -0.25) is 0 Å². The van der Waals surface area contributed by atoms with Gasteiger partial charge in [0.15, 0.2) is 0 Å². The number of fused-ring (bicyclic) bond motifs is 2. The molecule has 1 aromatic heterocycles. The number of anilines is 1. The number of nitrogens with one attached hydrogen (secondary N) is 1. The van der Waals surface area contributed by atoms with Crippen LogP contribution >= 0.6 is 11.3 Å². The van der Waals surface area contributed by atoms with Crippen LogP contribution in [-0.4, -0.2) is 11.5 Å². The molecule has 0 radical (unpaired) electrons. The smallest absolute Gasteiger partial charge is 0.124 e. The fourth-order valence-electron chi connectivity index (χ4n) is 2.82. The molecule has 0 bridgehead atoms. The first-order valence-electron chi connectivity index (χ1n) is 7.04. The van der Waals surface area contributed by atoms with Crippen LogP contribution in [0.5, 0.6) is 0 Å². The van der Waals surface area contributed by atoms with E-state index in [0.717, 1.165) is 17.1 Å². The molecular formula is C17H16N2S. The second-order valence-corrected chi connectivity index (χ2v) is 6.37. The maximum Gasteiger partial charge on any atom is 0.124 e. The lowest BCUT2D eigenvalue weighted by molar-refractivity contribution is 0.830. The van der Waals surface area contributed by atoms with E-state index >= 15 is 0 Å². The zero-order chi connectivity index (χ0) is 13.5. The summed E-state index contributed by atoms with van der Waals surface area (Å²) in [4.78, 5) is 4.83. The number of aryl methyl sites for hydroxylation is 2. The van der Waals surface area contributed by atoms with Gasteiger partial charge in [-0.1, -0.05) is 12.1 Å². The highest BCUT2D eigenvalue weighted by molar-refractivity contribution is 7.21.